The standard InChI is InChI=1S/C16H26O3Si/c1-4-17-20(18-5-2,19-6-3)15-11-10-14-16-12-8-7-9-13-16/h7-10,12-14H,4-6,11,15H2,1-3H3/b14-10-. The summed E-state index contributed by atoms with van der Waals surface area (Å²) in [5.41, 5.74) is 1.21. The summed E-state index contributed by atoms with van der Waals surface area (Å²) in [4.78, 5) is 0. The molecule has 0 saturated heterocycles. The van der Waals surface area contributed by atoms with Crippen molar-refractivity contribution in [3.63, 3.8) is 0 Å². The minimum absolute atomic E-state index is 0.634. The van der Waals surface area contributed by atoms with Crippen LogP contribution in [0.4, 0.5) is 0 Å². The van der Waals surface area contributed by atoms with E-state index in [-0.39, 0.29) is 0 Å². The lowest BCUT2D eigenvalue weighted by Crippen LogP contribution is -2.45. The van der Waals surface area contributed by atoms with Gasteiger partial charge < -0.3 is 13.3 Å². The molecule has 0 aromatic heterocycles. The van der Waals surface area contributed by atoms with Crippen LogP contribution in [0, 0.1) is 0 Å². The first-order chi connectivity index (χ1) is 9.76. The van der Waals surface area contributed by atoms with Gasteiger partial charge >= 0.3 is 8.80 Å². The van der Waals surface area contributed by atoms with Gasteiger partial charge in [0.15, 0.2) is 0 Å². The van der Waals surface area contributed by atoms with Gasteiger partial charge in [-0.05, 0) is 32.8 Å². The van der Waals surface area contributed by atoms with Crippen LogP contribution in [0.25, 0.3) is 6.08 Å². The third kappa shape index (κ3) is 6.01. The predicted molar refractivity (Wildman–Crippen MR) is 85.5 cm³/mol. The molecule has 1 aromatic rings. The van der Waals surface area contributed by atoms with Crippen LogP contribution in [0.5, 0.6) is 0 Å². The minimum atomic E-state index is -2.48. The van der Waals surface area contributed by atoms with Crippen molar-refractivity contribution in [2.45, 2.75) is 33.2 Å². The molecule has 0 saturated carbocycles. The van der Waals surface area contributed by atoms with E-state index >= 15 is 0 Å². The van der Waals surface area contributed by atoms with Crippen LogP contribution in [-0.2, 0) is 13.3 Å². The van der Waals surface area contributed by atoms with Crippen LogP contribution in [0.3, 0.4) is 0 Å². The maximum Gasteiger partial charge on any atom is 0.501 e. The molecule has 3 nitrogen and oxygen atoms in total. The van der Waals surface area contributed by atoms with Crippen LogP contribution in [0.2, 0.25) is 6.04 Å². The fourth-order valence-corrected chi connectivity index (χ4v) is 4.57. The number of hydrogen-bond acceptors (Lipinski definition) is 3. The Morgan fingerprint density at radius 1 is 0.900 bits per heavy atom. The van der Waals surface area contributed by atoms with Crippen LogP contribution < -0.4 is 0 Å². The van der Waals surface area contributed by atoms with E-state index in [4.69, 9.17) is 13.3 Å². The van der Waals surface area contributed by atoms with E-state index in [0.717, 1.165) is 12.5 Å². The normalized spacial score (nSPS) is 12.2. The molecule has 0 aliphatic rings. The molecule has 0 bridgehead atoms. The molecule has 4 heteroatoms. The zero-order valence-electron chi connectivity index (χ0n) is 12.8. The molecule has 0 radical (unpaired) electrons. The first-order valence-electron chi connectivity index (χ1n) is 7.39. The Morgan fingerprint density at radius 2 is 1.45 bits per heavy atom. The van der Waals surface area contributed by atoms with Crippen LogP contribution in [-0.4, -0.2) is 28.6 Å². The summed E-state index contributed by atoms with van der Waals surface area (Å²) < 4.78 is 17.5. The SMILES string of the molecule is CCO[Si](CC/C=C\c1ccccc1)(OCC)OCC. The van der Waals surface area contributed by atoms with Crippen molar-refractivity contribution in [2.24, 2.45) is 0 Å². The van der Waals surface area contributed by atoms with E-state index in [9.17, 15) is 0 Å². The zero-order valence-corrected chi connectivity index (χ0v) is 13.8. The summed E-state index contributed by atoms with van der Waals surface area (Å²) in [6, 6.07) is 11.1. The van der Waals surface area contributed by atoms with Crippen molar-refractivity contribution in [3.05, 3.63) is 42.0 Å². The molecule has 0 unspecified atom stereocenters. The Hall–Kier alpha value is -0.943. The number of rotatable bonds is 10. The second kappa shape index (κ2) is 9.88. The first-order valence-corrected chi connectivity index (χ1v) is 9.33. The monoisotopic (exact) mass is 294 g/mol. The van der Waals surface area contributed by atoms with E-state index in [1.807, 2.05) is 39.0 Å². The third-order valence-corrected chi connectivity index (χ3v) is 5.91. The molecule has 0 aliphatic carbocycles. The summed E-state index contributed by atoms with van der Waals surface area (Å²) in [5, 5.41) is 0. The van der Waals surface area contributed by atoms with Crippen molar-refractivity contribution in [3.8, 4) is 0 Å². The van der Waals surface area contributed by atoms with E-state index < -0.39 is 8.80 Å². The Bertz CT molecular complexity index is 362. The molecular weight excluding hydrogens is 268 g/mol. The maximum atomic E-state index is 5.82. The lowest BCUT2D eigenvalue weighted by Gasteiger charge is -2.28. The maximum absolute atomic E-state index is 5.82. The quantitative estimate of drug-likeness (QED) is 0.607. The van der Waals surface area contributed by atoms with Gasteiger partial charge in [0.05, 0.1) is 0 Å². The highest BCUT2D eigenvalue weighted by Crippen LogP contribution is 2.19. The van der Waals surface area contributed by atoms with Crippen LogP contribution in [0.1, 0.15) is 32.8 Å². The second-order valence-electron chi connectivity index (χ2n) is 4.33. The Labute approximate surface area is 123 Å². The van der Waals surface area contributed by atoms with Crippen molar-refractivity contribution in [1.29, 1.82) is 0 Å². The topological polar surface area (TPSA) is 27.7 Å². The van der Waals surface area contributed by atoms with Crippen molar-refractivity contribution in [1.82, 2.24) is 0 Å². The minimum Gasteiger partial charge on any atom is -0.374 e. The van der Waals surface area contributed by atoms with Gasteiger partial charge in [0.1, 0.15) is 0 Å². The van der Waals surface area contributed by atoms with Gasteiger partial charge in [0.2, 0.25) is 0 Å². The number of benzene rings is 1. The highest BCUT2D eigenvalue weighted by Gasteiger charge is 2.39. The Kier molecular flexibility index (Phi) is 8.45. The molecular formula is C16H26O3Si. The van der Waals surface area contributed by atoms with E-state index in [0.29, 0.717) is 19.8 Å². The summed E-state index contributed by atoms with van der Waals surface area (Å²) >= 11 is 0. The van der Waals surface area contributed by atoms with Gasteiger partial charge in [0, 0.05) is 25.9 Å². The molecule has 20 heavy (non-hydrogen) atoms. The van der Waals surface area contributed by atoms with Crippen molar-refractivity contribution < 1.29 is 13.3 Å². The molecule has 0 heterocycles. The summed E-state index contributed by atoms with van der Waals surface area (Å²) in [7, 11) is -2.48. The average Bonchev–Trinajstić information content (AvgIpc) is 2.46. The molecule has 0 amide bonds. The summed E-state index contributed by atoms with van der Waals surface area (Å²) in [5.74, 6) is 0. The summed E-state index contributed by atoms with van der Waals surface area (Å²) in [6.07, 6.45) is 5.19. The van der Waals surface area contributed by atoms with Gasteiger partial charge in [-0.25, -0.2) is 0 Å². The average molecular weight is 294 g/mol. The van der Waals surface area contributed by atoms with Gasteiger partial charge in [-0.1, -0.05) is 42.5 Å². The van der Waals surface area contributed by atoms with Gasteiger partial charge in [0.25, 0.3) is 0 Å². The summed E-state index contributed by atoms with van der Waals surface area (Å²) in [6.45, 7) is 7.86. The molecule has 0 atom stereocenters. The fourth-order valence-electron chi connectivity index (χ4n) is 2.04. The Morgan fingerprint density at radius 3 is 1.95 bits per heavy atom. The molecule has 0 N–H and O–H groups in total. The fraction of sp³-hybridized carbons (Fsp3) is 0.500. The molecule has 0 aliphatic heterocycles. The van der Waals surface area contributed by atoms with Gasteiger partial charge in [-0.3, -0.25) is 0 Å². The Balaban J connectivity index is 2.54. The molecule has 0 spiro atoms. The predicted octanol–water partition coefficient (Wildman–Crippen LogP) is 4.14. The van der Waals surface area contributed by atoms with Gasteiger partial charge in [-0.2, -0.15) is 0 Å². The molecule has 1 aromatic carbocycles. The lowest BCUT2D eigenvalue weighted by atomic mass is 10.2. The van der Waals surface area contributed by atoms with Crippen molar-refractivity contribution >= 4 is 14.9 Å². The number of allylic oxidation sites excluding steroid dienone is 1. The van der Waals surface area contributed by atoms with E-state index in [1.165, 1.54) is 5.56 Å². The zero-order chi connectivity index (χ0) is 14.7. The molecule has 0 fully saturated rings. The van der Waals surface area contributed by atoms with E-state index in [1.54, 1.807) is 0 Å². The lowest BCUT2D eigenvalue weighted by molar-refractivity contribution is 0.0716. The van der Waals surface area contributed by atoms with E-state index in [2.05, 4.69) is 24.3 Å². The van der Waals surface area contributed by atoms with Crippen LogP contribution in [0.15, 0.2) is 36.4 Å². The first kappa shape index (κ1) is 17.1. The molecule has 112 valence electrons. The van der Waals surface area contributed by atoms with Crippen molar-refractivity contribution in [2.75, 3.05) is 19.8 Å². The smallest absolute Gasteiger partial charge is 0.374 e. The third-order valence-electron chi connectivity index (χ3n) is 2.82. The largest absolute Gasteiger partial charge is 0.501 e. The van der Waals surface area contributed by atoms with Gasteiger partial charge in [-0.15, -0.1) is 0 Å². The number of hydrogen-bond donors (Lipinski definition) is 0. The second-order valence-corrected chi connectivity index (χ2v) is 7.07. The highest BCUT2D eigenvalue weighted by atomic mass is 28.4. The van der Waals surface area contributed by atoms with Crippen LogP contribution >= 0.6 is 0 Å². The highest BCUT2D eigenvalue weighted by molar-refractivity contribution is 6.60. The molecule has 1 rings (SSSR count).